The number of hydrogen-bond donors (Lipinski definition) is 1. The van der Waals surface area contributed by atoms with Gasteiger partial charge in [0, 0.05) is 11.1 Å². The van der Waals surface area contributed by atoms with Crippen LogP contribution in [0.1, 0.15) is 69.5 Å². The lowest BCUT2D eigenvalue weighted by Crippen LogP contribution is -2.13. The van der Waals surface area contributed by atoms with Crippen molar-refractivity contribution in [2.75, 3.05) is 0 Å². The zero-order valence-corrected chi connectivity index (χ0v) is 14.5. The number of fused-ring (bicyclic) bond motifs is 3. The number of aromatic nitrogens is 1. The highest BCUT2D eigenvalue weighted by atomic mass is 35.5. The van der Waals surface area contributed by atoms with Crippen LogP contribution in [0.2, 0.25) is 5.02 Å². The van der Waals surface area contributed by atoms with Gasteiger partial charge in [-0.2, -0.15) is 0 Å². The number of aromatic amines is 1. The minimum absolute atomic E-state index is 0.861. The largest absolute Gasteiger partial charge is 0.357 e. The molecule has 0 fully saturated rings. The van der Waals surface area contributed by atoms with Crippen molar-refractivity contribution in [3.63, 3.8) is 0 Å². The summed E-state index contributed by atoms with van der Waals surface area (Å²) in [5, 5.41) is 2.22. The van der Waals surface area contributed by atoms with Crippen molar-refractivity contribution < 1.29 is 0 Å². The summed E-state index contributed by atoms with van der Waals surface area (Å²) in [5.41, 5.74) is 4.12. The van der Waals surface area contributed by atoms with Gasteiger partial charge in [0.2, 0.25) is 0 Å². The number of unbranched alkanes of at least 4 members (excludes halogenated alkanes) is 5. The van der Waals surface area contributed by atoms with Gasteiger partial charge in [-0.1, -0.05) is 75.6 Å². The first-order chi connectivity index (χ1) is 10.8. The van der Waals surface area contributed by atoms with Crippen LogP contribution in [-0.2, 0) is 12.8 Å². The molecule has 120 valence electrons. The predicted molar refractivity (Wildman–Crippen MR) is 96.8 cm³/mol. The second-order valence-corrected chi connectivity index (χ2v) is 7.32. The molecule has 3 rings (SSSR count). The Hall–Kier alpha value is -0.950. The van der Waals surface area contributed by atoms with E-state index in [1.165, 1.54) is 75.3 Å². The maximum atomic E-state index is 6.33. The number of rotatable bonds is 7. The van der Waals surface area contributed by atoms with Gasteiger partial charge in [0.15, 0.2) is 0 Å². The fourth-order valence-electron chi connectivity index (χ4n) is 3.94. The van der Waals surface area contributed by atoms with Gasteiger partial charge in [0.1, 0.15) is 0 Å². The van der Waals surface area contributed by atoms with Crippen LogP contribution in [0, 0.1) is 5.92 Å². The van der Waals surface area contributed by atoms with Gasteiger partial charge < -0.3 is 4.98 Å². The Bertz CT molecular complexity index is 613. The van der Waals surface area contributed by atoms with Crippen molar-refractivity contribution in [1.29, 1.82) is 0 Å². The topological polar surface area (TPSA) is 15.8 Å². The van der Waals surface area contributed by atoms with Crippen molar-refractivity contribution in [3.8, 4) is 0 Å². The number of hydrogen-bond acceptors (Lipinski definition) is 0. The highest BCUT2D eigenvalue weighted by Gasteiger charge is 2.22. The molecule has 22 heavy (non-hydrogen) atoms. The monoisotopic (exact) mass is 317 g/mol. The first-order valence-electron chi connectivity index (χ1n) is 9.07. The second kappa shape index (κ2) is 7.55. The van der Waals surface area contributed by atoms with E-state index in [4.69, 9.17) is 11.6 Å². The predicted octanol–water partition coefficient (Wildman–Crippen LogP) is 6.68. The molecule has 0 saturated carbocycles. The molecule has 0 amide bonds. The smallest absolute Gasteiger partial charge is 0.0648 e. The molecular formula is C20H28ClN. The molecule has 0 aliphatic heterocycles. The number of aryl methyl sites for hydroxylation is 1. The van der Waals surface area contributed by atoms with Crippen LogP contribution in [0.15, 0.2) is 18.2 Å². The van der Waals surface area contributed by atoms with E-state index < -0.39 is 0 Å². The summed E-state index contributed by atoms with van der Waals surface area (Å²) in [4.78, 5) is 3.56. The first-order valence-corrected chi connectivity index (χ1v) is 9.45. The quantitative estimate of drug-likeness (QED) is 0.548. The molecule has 0 saturated heterocycles. The molecule has 0 bridgehead atoms. The van der Waals surface area contributed by atoms with E-state index >= 15 is 0 Å². The summed E-state index contributed by atoms with van der Waals surface area (Å²) in [5.74, 6) is 0.872. The minimum Gasteiger partial charge on any atom is -0.357 e. The molecule has 1 N–H and O–H groups in total. The fraction of sp³-hybridized carbons (Fsp3) is 0.600. The summed E-state index contributed by atoms with van der Waals surface area (Å²) in [7, 11) is 0. The van der Waals surface area contributed by atoms with Gasteiger partial charge in [-0.05, 0) is 36.8 Å². The van der Waals surface area contributed by atoms with E-state index in [2.05, 4.69) is 24.0 Å². The van der Waals surface area contributed by atoms with Crippen LogP contribution in [-0.4, -0.2) is 4.98 Å². The summed E-state index contributed by atoms with van der Waals surface area (Å²) in [6.07, 6.45) is 13.6. The lowest BCUT2D eigenvalue weighted by Gasteiger charge is -2.22. The molecule has 1 aliphatic rings. The Labute approximate surface area is 139 Å². The number of nitrogens with one attached hydrogen (secondary N) is 1. The van der Waals surface area contributed by atoms with Crippen LogP contribution >= 0.6 is 11.6 Å². The van der Waals surface area contributed by atoms with E-state index in [0.29, 0.717) is 0 Å². The van der Waals surface area contributed by atoms with Crippen LogP contribution < -0.4 is 0 Å². The highest BCUT2D eigenvalue weighted by molar-refractivity contribution is 6.35. The highest BCUT2D eigenvalue weighted by Crippen LogP contribution is 2.36. The van der Waals surface area contributed by atoms with E-state index in [1.807, 2.05) is 6.07 Å². The van der Waals surface area contributed by atoms with Gasteiger partial charge in [-0.3, -0.25) is 0 Å². The Morgan fingerprint density at radius 1 is 1.14 bits per heavy atom. The van der Waals surface area contributed by atoms with Crippen LogP contribution in [0.3, 0.4) is 0 Å². The lowest BCUT2D eigenvalue weighted by atomic mass is 9.83. The van der Waals surface area contributed by atoms with Crippen LogP contribution in [0.5, 0.6) is 0 Å². The van der Waals surface area contributed by atoms with E-state index in [9.17, 15) is 0 Å². The van der Waals surface area contributed by atoms with E-state index in [1.54, 1.807) is 5.56 Å². The van der Waals surface area contributed by atoms with Crippen molar-refractivity contribution in [1.82, 2.24) is 4.98 Å². The molecule has 0 radical (unpaired) electrons. The zero-order valence-electron chi connectivity index (χ0n) is 13.8. The maximum absolute atomic E-state index is 6.33. The Morgan fingerprint density at radius 2 is 1.95 bits per heavy atom. The van der Waals surface area contributed by atoms with Crippen LogP contribution in [0.25, 0.3) is 10.9 Å². The summed E-state index contributed by atoms with van der Waals surface area (Å²) >= 11 is 6.33. The average Bonchev–Trinajstić information content (AvgIpc) is 2.90. The number of benzene rings is 1. The molecule has 1 aliphatic carbocycles. The third-order valence-corrected chi connectivity index (χ3v) is 5.56. The standard InChI is InChI=1S/C20H28ClN/c1-2-3-4-5-6-7-9-15-12-13-19-17(14-15)16-10-8-11-18(21)20(16)22-19/h8,10-11,15,22H,2-7,9,12-14H2,1H3. The Morgan fingerprint density at radius 3 is 2.82 bits per heavy atom. The third-order valence-electron chi connectivity index (χ3n) is 5.24. The average molecular weight is 318 g/mol. The molecule has 1 unspecified atom stereocenters. The number of H-pyrrole nitrogens is 1. The summed E-state index contributed by atoms with van der Waals surface area (Å²) in [6, 6.07) is 6.29. The number of para-hydroxylation sites is 1. The fourth-order valence-corrected chi connectivity index (χ4v) is 4.16. The molecule has 1 heterocycles. The van der Waals surface area contributed by atoms with Crippen molar-refractivity contribution in [2.24, 2.45) is 5.92 Å². The molecule has 1 aromatic carbocycles. The normalized spacial score (nSPS) is 17.8. The molecule has 0 spiro atoms. The van der Waals surface area contributed by atoms with Crippen molar-refractivity contribution in [2.45, 2.75) is 71.1 Å². The third kappa shape index (κ3) is 3.51. The van der Waals surface area contributed by atoms with Crippen molar-refractivity contribution in [3.05, 3.63) is 34.5 Å². The maximum Gasteiger partial charge on any atom is 0.0648 e. The summed E-state index contributed by atoms with van der Waals surface area (Å²) < 4.78 is 0. The summed E-state index contributed by atoms with van der Waals surface area (Å²) in [6.45, 7) is 2.28. The van der Waals surface area contributed by atoms with E-state index in [0.717, 1.165) is 16.5 Å². The van der Waals surface area contributed by atoms with Gasteiger partial charge in [0.05, 0.1) is 10.5 Å². The van der Waals surface area contributed by atoms with Crippen molar-refractivity contribution >= 4 is 22.5 Å². The molecule has 1 atom stereocenters. The molecule has 2 heteroatoms. The van der Waals surface area contributed by atoms with Crippen LogP contribution in [0.4, 0.5) is 0 Å². The van der Waals surface area contributed by atoms with Gasteiger partial charge in [-0.15, -0.1) is 0 Å². The lowest BCUT2D eigenvalue weighted by molar-refractivity contribution is 0.404. The van der Waals surface area contributed by atoms with Gasteiger partial charge >= 0.3 is 0 Å². The van der Waals surface area contributed by atoms with E-state index in [-0.39, 0.29) is 0 Å². The zero-order chi connectivity index (χ0) is 15.4. The molecule has 1 nitrogen and oxygen atoms in total. The first kappa shape index (κ1) is 15.9. The molecule has 1 aromatic heterocycles. The Balaban J connectivity index is 1.57. The van der Waals surface area contributed by atoms with Gasteiger partial charge in [-0.25, -0.2) is 0 Å². The Kier molecular flexibility index (Phi) is 5.46. The molecule has 2 aromatic rings. The number of halogens is 1. The minimum atomic E-state index is 0.861. The SMILES string of the molecule is CCCCCCCCC1CCc2[nH]c3c(Cl)cccc3c2C1. The molecular weight excluding hydrogens is 290 g/mol. The second-order valence-electron chi connectivity index (χ2n) is 6.91. The van der Waals surface area contributed by atoms with Gasteiger partial charge in [0.25, 0.3) is 0 Å².